The third kappa shape index (κ3) is 3.31. The molecular weight excluding hydrogens is 275 g/mol. The highest BCUT2D eigenvalue weighted by molar-refractivity contribution is 6.17. The van der Waals surface area contributed by atoms with Gasteiger partial charge in [0.15, 0.2) is 11.6 Å². The molecule has 0 spiro atoms. The zero-order valence-electron chi connectivity index (χ0n) is 11.9. The minimum absolute atomic E-state index is 0.0178. The fourth-order valence-corrected chi connectivity index (χ4v) is 2.13. The van der Waals surface area contributed by atoms with E-state index in [1.54, 1.807) is 12.1 Å². The molecule has 2 aromatic carbocycles. The molecule has 0 heterocycles. The second-order valence-corrected chi connectivity index (χ2v) is 6.01. The Morgan fingerprint density at radius 3 is 2.45 bits per heavy atom. The Kier molecular flexibility index (Phi) is 4.34. The van der Waals surface area contributed by atoms with Crippen LogP contribution in [0.15, 0.2) is 42.5 Å². The average molecular weight is 293 g/mol. The molecule has 0 saturated carbocycles. The molecule has 2 aromatic rings. The minimum atomic E-state index is -0.399. The first kappa shape index (κ1) is 14.9. The van der Waals surface area contributed by atoms with E-state index in [0.717, 1.165) is 5.56 Å². The van der Waals surface area contributed by atoms with Crippen molar-refractivity contribution in [1.82, 2.24) is 0 Å². The summed E-state index contributed by atoms with van der Waals surface area (Å²) in [6, 6.07) is 12.5. The zero-order chi connectivity index (χ0) is 14.8. The summed E-state index contributed by atoms with van der Waals surface area (Å²) in [5.74, 6) is 0.637. The highest BCUT2D eigenvalue weighted by atomic mass is 35.5. The molecule has 0 N–H and O–H groups in total. The van der Waals surface area contributed by atoms with Crippen LogP contribution in [-0.2, 0) is 11.3 Å². The van der Waals surface area contributed by atoms with Gasteiger partial charge in [0.1, 0.15) is 5.75 Å². The third-order valence-corrected chi connectivity index (χ3v) is 3.40. The number of alkyl halides is 1. The van der Waals surface area contributed by atoms with E-state index in [1.807, 2.05) is 24.3 Å². The number of para-hydroxylation sites is 1. The lowest BCUT2D eigenvalue weighted by atomic mass is 9.87. The number of hydrogen-bond acceptors (Lipinski definition) is 1. The van der Waals surface area contributed by atoms with Crippen molar-refractivity contribution in [2.75, 3.05) is 0 Å². The van der Waals surface area contributed by atoms with Gasteiger partial charge in [0.25, 0.3) is 0 Å². The van der Waals surface area contributed by atoms with Gasteiger partial charge in [0, 0.05) is 5.56 Å². The lowest BCUT2D eigenvalue weighted by Crippen LogP contribution is -2.10. The van der Waals surface area contributed by atoms with Crippen molar-refractivity contribution in [3.05, 3.63) is 59.4 Å². The molecule has 0 aliphatic heterocycles. The van der Waals surface area contributed by atoms with Crippen molar-refractivity contribution in [3.63, 3.8) is 0 Å². The molecule has 0 aliphatic rings. The number of benzene rings is 2. The van der Waals surface area contributed by atoms with E-state index in [9.17, 15) is 4.39 Å². The van der Waals surface area contributed by atoms with Crippen LogP contribution in [0.4, 0.5) is 4.39 Å². The quantitative estimate of drug-likeness (QED) is 0.664. The summed E-state index contributed by atoms with van der Waals surface area (Å²) < 4.78 is 19.6. The highest BCUT2D eigenvalue weighted by Crippen LogP contribution is 2.32. The highest BCUT2D eigenvalue weighted by Gasteiger charge is 2.15. The number of halogens is 2. The van der Waals surface area contributed by atoms with E-state index in [0.29, 0.717) is 11.3 Å². The maximum absolute atomic E-state index is 13.9. The predicted molar refractivity (Wildman–Crippen MR) is 81.2 cm³/mol. The van der Waals surface area contributed by atoms with Crippen LogP contribution >= 0.6 is 11.6 Å². The maximum atomic E-state index is 13.9. The molecule has 0 atom stereocenters. The van der Waals surface area contributed by atoms with Crippen LogP contribution in [0.25, 0.3) is 0 Å². The molecule has 0 amide bonds. The van der Waals surface area contributed by atoms with Crippen LogP contribution in [0, 0.1) is 5.82 Å². The van der Waals surface area contributed by atoms with E-state index in [1.165, 1.54) is 6.07 Å². The Morgan fingerprint density at radius 2 is 1.80 bits per heavy atom. The van der Waals surface area contributed by atoms with E-state index in [2.05, 4.69) is 20.8 Å². The van der Waals surface area contributed by atoms with Gasteiger partial charge in [-0.15, -0.1) is 11.6 Å². The normalized spacial score (nSPS) is 11.4. The first-order chi connectivity index (χ1) is 9.41. The lowest BCUT2D eigenvalue weighted by molar-refractivity contribution is 0.436. The Morgan fingerprint density at radius 1 is 1.10 bits per heavy atom. The summed E-state index contributed by atoms with van der Waals surface area (Å²) in [6.45, 7) is 6.37. The number of ether oxygens (including phenoxy) is 1. The minimum Gasteiger partial charge on any atom is -0.454 e. The van der Waals surface area contributed by atoms with Gasteiger partial charge >= 0.3 is 0 Å². The van der Waals surface area contributed by atoms with E-state index in [4.69, 9.17) is 16.3 Å². The predicted octanol–water partition coefficient (Wildman–Crippen LogP) is 5.65. The van der Waals surface area contributed by atoms with E-state index < -0.39 is 5.82 Å². The van der Waals surface area contributed by atoms with Gasteiger partial charge in [-0.3, -0.25) is 0 Å². The largest absolute Gasteiger partial charge is 0.454 e. The van der Waals surface area contributed by atoms with Crippen molar-refractivity contribution in [2.45, 2.75) is 32.1 Å². The summed E-state index contributed by atoms with van der Waals surface area (Å²) in [4.78, 5) is 0. The molecule has 0 radical (unpaired) electrons. The smallest absolute Gasteiger partial charge is 0.167 e. The van der Waals surface area contributed by atoms with Crippen LogP contribution in [0.5, 0.6) is 11.5 Å². The summed E-state index contributed by atoms with van der Waals surface area (Å²) in [7, 11) is 0. The molecular formula is C17H18ClFO. The second kappa shape index (κ2) is 5.84. The molecule has 0 bridgehead atoms. The second-order valence-electron chi connectivity index (χ2n) is 5.74. The molecule has 2 rings (SSSR count). The molecule has 0 aromatic heterocycles. The third-order valence-electron chi connectivity index (χ3n) is 3.11. The molecule has 0 aliphatic carbocycles. The van der Waals surface area contributed by atoms with Crippen LogP contribution in [-0.4, -0.2) is 0 Å². The van der Waals surface area contributed by atoms with Gasteiger partial charge in [-0.1, -0.05) is 45.0 Å². The summed E-state index contributed by atoms with van der Waals surface area (Å²) >= 11 is 5.83. The van der Waals surface area contributed by atoms with Crippen molar-refractivity contribution in [2.24, 2.45) is 0 Å². The van der Waals surface area contributed by atoms with Crippen molar-refractivity contribution < 1.29 is 9.13 Å². The maximum Gasteiger partial charge on any atom is 0.167 e. The monoisotopic (exact) mass is 292 g/mol. The van der Waals surface area contributed by atoms with Crippen molar-refractivity contribution in [3.8, 4) is 11.5 Å². The molecule has 20 heavy (non-hydrogen) atoms. The first-order valence-corrected chi connectivity index (χ1v) is 7.07. The fourth-order valence-electron chi connectivity index (χ4n) is 1.92. The molecule has 0 saturated heterocycles. The molecule has 3 heteroatoms. The van der Waals surface area contributed by atoms with Gasteiger partial charge in [-0.05, 0) is 29.2 Å². The Hall–Kier alpha value is -1.54. The summed E-state index contributed by atoms with van der Waals surface area (Å²) in [5, 5.41) is 0. The SMILES string of the molecule is CC(C)(C)c1cccc(Oc2c(F)cccc2CCl)c1. The summed E-state index contributed by atoms with van der Waals surface area (Å²) in [5.41, 5.74) is 1.80. The zero-order valence-corrected chi connectivity index (χ0v) is 12.7. The van der Waals surface area contributed by atoms with Gasteiger partial charge < -0.3 is 4.74 Å². The topological polar surface area (TPSA) is 9.23 Å². The van der Waals surface area contributed by atoms with Crippen molar-refractivity contribution in [1.29, 1.82) is 0 Å². The number of hydrogen-bond donors (Lipinski definition) is 0. The van der Waals surface area contributed by atoms with Gasteiger partial charge in [0.05, 0.1) is 5.88 Å². The van der Waals surface area contributed by atoms with Gasteiger partial charge in [-0.2, -0.15) is 0 Å². The molecule has 0 unspecified atom stereocenters. The Balaban J connectivity index is 2.36. The van der Waals surface area contributed by atoms with Gasteiger partial charge in [-0.25, -0.2) is 4.39 Å². The fraction of sp³-hybridized carbons (Fsp3) is 0.294. The van der Waals surface area contributed by atoms with Crippen LogP contribution in [0.2, 0.25) is 0 Å². The van der Waals surface area contributed by atoms with E-state index in [-0.39, 0.29) is 17.0 Å². The average Bonchev–Trinajstić information content (AvgIpc) is 2.40. The Labute approximate surface area is 124 Å². The standard InChI is InChI=1S/C17H18ClFO/c1-17(2,3)13-7-5-8-14(10-13)20-16-12(11-18)6-4-9-15(16)19/h4-10H,11H2,1-3H3. The van der Waals surface area contributed by atoms with Crippen LogP contribution in [0.1, 0.15) is 31.9 Å². The van der Waals surface area contributed by atoms with E-state index >= 15 is 0 Å². The summed E-state index contributed by atoms with van der Waals surface area (Å²) in [6.07, 6.45) is 0. The van der Waals surface area contributed by atoms with Crippen LogP contribution in [0.3, 0.4) is 0 Å². The number of rotatable bonds is 3. The van der Waals surface area contributed by atoms with Crippen molar-refractivity contribution >= 4 is 11.6 Å². The van der Waals surface area contributed by atoms with Crippen LogP contribution < -0.4 is 4.74 Å². The lowest BCUT2D eigenvalue weighted by Gasteiger charge is -2.20. The molecule has 106 valence electrons. The Bertz CT molecular complexity index is 602. The molecule has 0 fully saturated rings. The first-order valence-electron chi connectivity index (χ1n) is 6.53. The van der Waals surface area contributed by atoms with Gasteiger partial charge in [0.2, 0.25) is 0 Å². The molecule has 1 nitrogen and oxygen atoms in total.